The molecule has 0 aliphatic rings. The molecule has 0 saturated heterocycles. The Balaban J connectivity index is 2.10. The molecule has 14 heavy (non-hydrogen) atoms. The predicted octanol–water partition coefficient (Wildman–Crippen LogP) is -0.883. The quantitative estimate of drug-likeness (QED) is 0.637. The third-order valence-electron chi connectivity index (χ3n) is 1.65. The Bertz CT molecular complexity index is 413. The lowest BCUT2D eigenvalue weighted by Gasteiger charge is -2.03. The molecule has 0 bridgehead atoms. The molecule has 0 fully saturated rings. The normalized spacial score (nSPS) is 10.6. The monoisotopic (exact) mass is 194 g/mol. The maximum Gasteiger partial charge on any atom is 0.233 e. The van der Waals surface area contributed by atoms with Crippen LogP contribution in [0.5, 0.6) is 5.88 Å². The molecule has 0 radical (unpaired) electrons. The van der Waals surface area contributed by atoms with E-state index in [-0.39, 0.29) is 0 Å². The molecule has 2 rings (SSSR count). The molecule has 1 N–H and O–H groups in total. The van der Waals surface area contributed by atoms with Crippen LogP contribution in [0, 0.1) is 0 Å². The number of rotatable bonds is 4. The average molecular weight is 194 g/mol. The second-order valence-corrected chi connectivity index (χ2v) is 2.65. The zero-order valence-electron chi connectivity index (χ0n) is 7.71. The summed E-state index contributed by atoms with van der Waals surface area (Å²) < 4.78 is 6.66. The van der Waals surface area contributed by atoms with Gasteiger partial charge < -0.3 is 10.1 Å². The summed E-state index contributed by atoms with van der Waals surface area (Å²) in [5.74, 6) is 0.514. The van der Waals surface area contributed by atoms with Crippen molar-refractivity contribution >= 4 is 5.65 Å². The molecule has 2 heterocycles. The number of tetrazole rings is 1. The Hall–Kier alpha value is -1.76. The largest absolute Gasteiger partial charge is 0.475 e. The zero-order valence-corrected chi connectivity index (χ0v) is 7.71. The molecule has 0 aromatic carbocycles. The van der Waals surface area contributed by atoms with E-state index < -0.39 is 0 Å². The number of ether oxygens (including phenoxy) is 1. The smallest absolute Gasteiger partial charge is 0.233 e. The second-order valence-electron chi connectivity index (χ2n) is 2.65. The van der Waals surface area contributed by atoms with E-state index in [2.05, 4.69) is 25.9 Å². The van der Waals surface area contributed by atoms with Gasteiger partial charge in [-0.25, -0.2) is 0 Å². The van der Waals surface area contributed by atoms with E-state index >= 15 is 0 Å². The summed E-state index contributed by atoms with van der Waals surface area (Å²) in [7, 11) is 1.86. The minimum atomic E-state index is 0.514. The van der Waals surface area contributed by atoms with Crippen LogP contribution in [0.1, 0.15) is 0 Å². The molecule has 0 atom stereocenters. The van der Waals surface area contributed by atoms with Crippen LogP contribution >= 0.6 is 0 Å². The summed E-state index contributed by atoms with van der Waals surface area (Å²) >= 11 is 0. The van der Waals surface area contributed by atoms with Gasteiger partial charge in [0.25, 0.3) is 0 Å². The number of aromatic nitrogens is 5. The van der Waals surface area contributed by atoms with Gasteiger partial charge in [0.15, 0.2) is 5.65 Å². The van der Waals surface area contributed by atoms with Crippen LogP contribution in [0.25, 0.3) is 5.65 Å². The fourth-order valence-electron chi connectivity index (χ4n) is 0.968. The summed E-state index contributed by atoms with van der Waals surface area (Å²) in [4.78, 5) is 0. The molecule has 0 aliphatic carbocycles. The van der Waals surface area contributed by atoms with Crippen molar-refractivity contribution in [2.45, 2.75) is 0 Å². The Kier molecular flexibility index (Phi) is 2.50. The maximum atomic E-state index is 5.33. The Labute approximate surface area is 80.1 Å². The summed E-state index contributed by atoms with van der Waals surface area (Å²) in [5, 5.41) is 17.9. The molecule has 7 nitrogen and oxygen atoms in total. The number of hydrogen-bond donors (Lipinski definition) is 1. The molecular formula is C7H10N6O. The standard InChI is InChI=1S/C7H10N6O/c1-8-4-5-14-7-3-2-6-9-11-12-13(6)10-7/h2-3,8H,4-5H2,1H3. The highest BCUT2D eigenvalue weighted by atomic mass is 16.5. The van der Waals surface area contributed by atoms with E-state index in [9.17, 15) is 0 Å². The molecule has 0 unspecified atom stereocenters. The Morgan fingerprint density at radius 1 is 1.50 bits per heavy atom. The van der Waals surface area contributed by atoms with E-state index in [0.29, 0.717) is 18.1 Å². The molecule has 0 amide bonds. The lowest BCUT2D eigenvalue weighted by atomic mass is 10.5. The number of nitrogens with one attached hydrogen (secondary N) is 1. The Morgan fingerprint density at radius 2 is 2.43 bits per heavy atom. The van der Waals surface area contributed by atoms with Crippen LogP contribution in [0.2, 0.25) is 0 Å². The molecular weight excluding hydrogens is 184 g/mol. The number of likely N-dealkylation sites (N-methyl/N-ethyl adjacent to an activating group) is 1. The fourth-order valence-corrected chi connectivity index (χ4v) is 0.968. The van der Waals surface area contributed by atoms with Gasteiger partial charge in [-0.1, -0.05) is 0 Å². The van der Waals surface area contributed by atoms with Gasteiger partial charge in [0, 0.05) is 12.6 Å². The SMILES string of the molecule is CNCCOc1ccc2nnnn2n1. The minimum absolute atomic E-state index is 0.514. The van der Waals surface area contributed by atoms with Gasteiger partial charge in [-0.2, -0.15) is 0 Å². The summed E-state index contributed by atoms with van der Waals surface area (Å²) in [6, 6.07) is 3.49. The van der Waals surface area contributed by atoms with Crippen molar-refractivity contribution in [1.82, 2.24) is 30.6 Å². The third-order valence-corrected chi connectivity index (χ3v) is 1.65. The molecule has 7 heteroatoms. The average Bonchev–Trinajstić information content (AvgIpc) is 2.65. The van der Waals surface area contributed by atoms with Crippen LogP contribution in [-0.4, -0.2) is 45.5 Å². The van der Waals surface area contributed by atoms with Crippen LogP contribution in [0.4, 0.5) is 0 Å². The van der Waals surface area contributed by atoms with Crippen LogP contribution < -0.4 is 10.1 Å². The van der Waals surface area contributed by atoms with Crippen molar-refractivity contribution in [3.8, 4) is 5.88 Å². The van der Waals surface area contributed by atoms with E-state index in [1.54, 1.807) is 12.1 Å². The van der Waals surface area contributed by atoms with Crippen molar-refractivity contribution in [3.63, 3.8) is 0 Å². The summed E-state index contributed by atoms with van der Waals surface area (Å²) in [6.45, 7) is 1.34. The van der Waals surface area contributed by atoms with Crippen LogP contribution in [0.3, 0.4) is 0 Å². The first kappa shape index (κ1) is 8.82. The van der Waals surface area contributed by atoms with E-state index in [0.717, 1.165) is 6.54 Å². The van der Waals surface area contributed by atoms with Crippen molar-refractivity contribution < 1.29 is 4.74 Å². The van der Waals surface area contributed by atoms with Gasteiger partial charge in [0.1, 0.15) is 6.61 Å². The lowest BCUT2D eigenvalue weighted by molar-refractivity contribution is 0.300. The summed E-state index contributed by atoms with van der Waals surface area (Å²) in [6.07, 6.45) is 0. The third kappa shape index (κ3) is 1.77. The predicted molar refractivity (Wildman–Crippen MR) is 48.0 cm³/mol. The first-order valence-electron chi connectivity index (χ1n) is 4.23. The highest BCUT2D eigenvalue weighted by Crippen LogP contribution is 2.04. The highest BCUT2D eigenvalue weighted by molar-refractivity contribution is 5.34. The van der Waals surface area contributed by atoms with Gasteiger partial charge in [-0.15, -0.1) is 14.8 Å². The van der Waals surface area contributed by atoms with Gasteiger partial charge >= 0.3 is 0 Å². The van der Waals surface area contributed by atoms with Gasteiger partial charge in [0.2, 0.25) is 5.88 Å². The maximum absolute atomic E-state index is 5.33. The molecule has 0 saturated carbocycles. The van der Waals surface area contributed by atoms with Crippen molar-refractivity contribution in [1.29, 1.82) is 0 Å². The highest BCUT2D eigenvalue weighted by Gasteiger charge is 2.00. The van der Waals surface area contributed by atoms with Gasteiger partial charge in [-0.3, -0.25) is 0 Å². The fraction of sp³-hybridized carbons (Fsp3) is 0.429. The molecule has 0 spiro atoms. The van der Waals surface area contributed by atoms with Gasteiger partial charge in [0.05, 0.1) is 0 Å². The first-order chi connectivity index (χ1) is 6.90. The molecule has 74 valence electrons. The summed E-state index contributed by atoms with van der Waals surface area (Å²) in [5.41, 5.74) is 0.603. The van der Waals surface area contributed by atoms with Crippen LogP contribution in [-0.2, 0) is 0 Å². The number of hydrogen-bond acceptors (Lipinski definition) is 6. The van der Waals surface area contributed by atoms with Crippen molar-refractivity contribution in [2.24, 2.45) is 0 Å². The Morgan fingerprint density at radius 3 is 3.29 bits per heavy atom. The van der Waals surface area contributed by atoms with Crippen LogP contribution in [0.15, 0.2) is 12.1 Å². The molecule has 2 aromatic heterocycles. The van der Waals surface area contributed by atoms with E-state index in [4.69, 9.17) is 4.74 Å². The topological polar surface area (TPSA) is 77.2 Å². The zero-order chi connectivity index (χ0) is 9.80. The van der Waals surface area contributed by atoms with Gasteiger partial charge in [-0.05, 0) is 23.5 Å². The number of fused-ring (bicyclic) bond motifs is 1. The first-order valence-corrected chi connectivity index (χ1v) is 4.23. The van der Waals surface area contributed by atoms with Crippen molar-refractivity contribution in [3.05, 3.63) is 12.1 Å². The van der Waals surface area contributed by atoms with E-state index in [1.165, 1.54) is 4.63 Å². The number of nitrogens with zero attached hydrogens (tertiary/aromatic N) is 5. The van der Waals surface area contributed by atoms with Crippen molar-refractivity contribution in [2.75, 3.05) is 20.2 Å². The van der Waals surface area contributed by atoms with E-state index in [1.807, 2.05) is 7.05 Å². The second kappa shape index (κ2) is 3.97. The lowest BCUT2D eigenvalue weighted by Crippen LogP contribution is -2.16. The minimum Gasteiger partial charge on any atom is -0.475 e. The molecule has 0 aliphatic heterocycles. The molecule has 2 aromatic rings.